The zero-order chi connectivity index (χ0) is 14.7. The molecule has 0 aliphatic heterocycles. The van der Waals surface area contributed by atoms with Crippen LogP contribution < -0.4 is 5.32 Å². The summed E-state index contributed by atoms with van der Waals surface area (Å²) in [4.78, 5) is 23.2. The van der Waals surface area contributed by atoms with E-state index < -0.39 is 0 Å². The Morgan fingerprint density at radius 1 is 1.05 bits per heavy atom. The Kier molecular flexibility index (Phi) is 4.03. The van der Waals surface area contributed by atoms with Crippen LogP contribution in [0.15, 0.2) is 36.4 Å². The van der Waals surface area contributed by atoms with Gasteiger partial charge in [-0.3, -0.25) is 4.79 Å². The van der Waals surface area contributed by atoms with Gasteiger partial charge in [0, 0.05) is 11.6 Å². The number of amides is 1. The van der Waals surface area contributed by atoms with Gasteiger partial charge in [0.1, 0.15) is 0 Å². The van der Waals surface area contributed by atoms with Crippen LogP contribution in [0.3, 0.4) is 0 Å². The lowest BCUT2D eigenvalue weighted by Crippen LogP contribution is -2.17. The molecule has 0 saturated carbocycles. The van der Waals surface area contributed by atoms with Gasteiger partial charge in [-0.05, 0) is 35.0 Å². The lowest BCUT2D eigenvalue weighted by molar-refractivity contribution is -0.118. The van der Waals surface area contributed by atoms with Gasteiger partial charge in [0.2, 0.25) is 5.91 Å². The molecule has 0 aliphatic rings. The van der Waals surface area contributed by atoms with Crippen LogP contribution in [0.2, 0.25) is 0 Å². The number of ether oxygens (including phenoxy) is 1. The summed E-state index contributed by atoms with van der Waals surface area (Å²) >= 11 is 0. The Labute approximate surface area is 117 Å². The fourth-order valence-electron chi connectivity index (χ4n) is 1.86. The SMILES string of the molecule is COC(=O)c1ccc2ccc(NC(=O)C(C)C)cc2c1. The maximum Gasteiger partial charge on any atom is 0.337 e. The standard InChI is InChI=1S/C16H17NO3/c1-10(2)15(18)17-14-7-6-11-4-5-12(16(19)20-3)8-13(11)9-14/h4-10H,1-3H3,(H,17,18). The number of hydrogen-bond donors (Lipinski definition) is 1. The molecule has 0 saturated heterocycles. The Morgan fingerprint density at radius 3 is 2.40 bits per heavy atom. The molecule has 1 amide bonds. The zero-order valence-corrected chi connectivity index (χ0v) is 11.8. The van der Waals surface area contributed by atoms with E-state index in [2.05, 4.69) is 5.32 Å². The average molecular weight is 271 g/mol. The van der Waals surface area contributed by atoms with E-state index in [1.807, 2.05) is 38.1 Å². The Morgan fingerprint density at radius 2 is 1.75 bits per heavy atom. The summed E-state index contributed by atoms with van der Waals surface area (Å²) in [6, 6.07) is 10.9. The highest BCUT2D eigenvalue weighted by Crippen LogP contribution is 2.21. The molecule has 1 N–H and O–H groups in total. The van der Waals surface area contributed by atoms with E-state index in [0.29, 0.717) is 5.56 Å². The summed E-state index contributed by atoms with van der Waals surface area (Å²) in [6.07, 6.45) is 0. The quantitative estimate of drug-likeness (QED) is 0.872. The molecule has 0 spiro atoms. The van der Waals surface area contributed by atoms with Crippen LogP contribution >= 0.6 is 0 Å². The van der Waals surface area contributed by atoms with E-state index >= 15 is 0 Å². The van der Waals surface area contributed by atoms with Crippen molar-refractivity contribution in [1.29, 1.82) is 0 Å². The van der Waals surface area contributed by atoms with Gasteiger partial charge in [0.25, 0.3) is 0 Å². The van der Waals surface area contributed by atoms with E-state index in [0.717, 1.165) is 16.5 Å². The summed E-state index contributed by atoms with van der Waals surface area (Å²) < 4.78 is 4.70. The minimum absolute atomic E-state index is 0.0338. The highest BCUT2D eigenvalue weighted by molar-refractivity contribution is 5.98. The molecule has 2 rings (SSSR count). The Balaban J connectivity index is 2.36. The van der Waals surface area contributed by atoms with E-state index in [4.69, 9.17) is 4.74 Å². The molecule has 0 aromatic heterocycles. The molecule has 0 bridgehead atoms. The third-order valence-electron chi connectivity index (χ3n) is 3.05. The molecule has 2 aromatic rings. The number of fused-ring (bicyclic) bond motifs is 1. The molecule has 20 heavy (non-hydrogen) atoms. The molecule has 0 aliphatic carbocycles. The number of carbonyl (C=O) groups is 2. The molecule has 104 valence electrons. The van der Waals surface area contributed by atoms with E-state index in [1.54, 1.807) is 12.1 Å². The molecule has 0 heterocycles. The minimum atomic E-state index is -0.372. The van der Waals surface area contributed by atoms with Crippen molar-refractivity contribution in [3.63, 3.8) is 0 Å². The molecule has 4 nitrogen and oxygen atoms in total. The van der Waals surface area contributed by atoms with Gasteiger partial charge in [-0.15, -0.1) is 0 Å². The number of carbonyl (C=O) groups excluding carboxylic acids is 2. The molecule has 0 radical (unpaired) electrons. The molecular formula is C16H17NO3. The molecular weight excluding hydrogens is 254 g/mol. The normalized spacial score (nSPS) is 10.6. The van der Waals surface area contributed by atoms with Crippen molar-refractivity contribution in [2.45, 2.75) is 13.8 Å². The summed E-state index contributed by atoms with van der Waals surface area (Å²) in [7, 11) is 1.35. The number of rotatable bonds is 3. The number of hydrogen-bond acceptors (Lipinski definition) is 3. The van der Waals surface area contributed by atoms with Gasteiger partial charge in [0.05, 0.1) is 12.7 Å². The lowest BCUT2D eigenvalue weighted by Gasteiger charge is -2.09. The molecule has 0 fully saturated rings. The molecule has 0 unspecified atom stereocenters. The van der Waals surface area contributed by atoms with E-state index in [1.165, 1.54) is 7.11 Å². The van der Waals surface area contributed by atoms with Crippen molar-refractivity contribution >= 4 is 28.3 Å². The third-order valence-corrected chi connectivity index (χ3v) is 3.05. The molecule has 4 heteroatoms. The number of anilines is 1. The Hall–Kier alpha value is -2.36. The van der Waals surface area contributed by atoms with Crippen molar-refractivity contribution in [2.75, 3.05) is 12.4 Å². The minimum Gasteiger partial charge on any atom is -0.465 e. The predicted octanol–water partition coefficient (Wildman–Crippen LogP) is 3.22. The van der Waals surface area contributed by atoms with Crippen molar-refractivity contribution in [2.24, 2.45) is 5.92 Å². The maximum atomic E-state index is 11.7. The average Bonchev–Trinajstić information content (AvgIpc) is 2.45. The van der Waals surface area contributed by atoms with Crippen molar-refractivity contribution in [3.05, 3.63) is 42.0 Å². The van der Waals surface area contributed by atoms with E-state index in [-0.39, 0.29) is 17.8 Å². The van der Waals surface area contributed by atoms with E-state index in [9.17, 15) is 9.59 Å². The first-order chi connectivity index (χ1) is 9.51. The highest BCUT2D eigenvalue weighted by Gasteiger charge is 2.09. The number of nitrogens with one attached hydrogen (secondary N) is 1. The first kappa shape index (κ1) is 14.1. The van der Waals surface area contributed by atoms with Crippen LogP contribution in [-0.4, -0.2) is 19.0 Å². The fraction of sp³-hybridized carbons (Fsp3) is 0.250. The van der Waals surface area contributed by atoms with Crippen molar-refractivity contribution in [3.8, 4) is 0 Å². The molecule has 2 aromatic carbocycles. The van der Waals surface area contributed by atoms with Gasteiger partial charge < -0.3 is 10.1 Å². The predicted molar refractivity (Wildman–Crippen MR) is 78.8 cm³/mol. The van der Waals surface area contributed by atoms with Crippen LogP contribution in [-0.2, 0) is 9.53 Å². The topological polar surface area (TPSA) is 55.4 Å². The smallest absolute Gasteiger partial charge is 0.337 e. The summed E-state index contributed by atoms with van der Waals surface area (Å²) in [5.41, 5.74) is 1.21. The van der Waals surface area contributed by atoms with Gasteiger partial charge >= 0.3 is 5.97 Å². The highest BCUT2D eigenvalue weighted by atomic mass is 16.5. The van der Waals surface area contributed by atoms with Gasteiger partial charge in [0.15, 0.2) is 0 Å². The van der Waals surface area contributed by atoms with Crippen molar-refractivity contribution in [1.82, 2.24) is 0 Å². The second-order valence-electron chi connectivity index (χ2n) is 4.91. The first-order valence-corrected chi connectivity index (χ1v) is 6.44. The largest absolute Gasteiger partial charge is 0.465 e. The third kappa shape index (κ3) is 2.96. The maximum absolute atomic E-state index is 11.7. The summed E-state index contributed by atoms with van der Waals surface area (Å²) in [5, 5.41) is 4.72. The monoisotopic (exact) mass is 271 g/mol. The number of benzene rings is 2. The van der Waals surface area contributed by atoms with Gasteiger partial charge in [-0.2, -0.15) is 0 Å². The van der Waals surface area contributed by atoms with Gasteiger partial charge in [-0.25, -0.2) is 4.79 Å². The fourth-order valence-corrected chi connectivity index (χ4v) is 1.86. The summed E-state index contributed by atoms with van der Waals surface area (Å²) in [5.74, 6) is -0.482. The Bertz CT molecular complexity index is 662. The van der Waals surface area contributed by atoms with Crippen molar-refractivity contribution < 1.29 is 14.3 Å². The van der Waals surface area contributed by atoms with Crippen LogP contribution in [0, 0.1) is 5.92 Å². The van der Waals surface area contributed by atoms with Crippen LogP contribution in [0.25, 0.3) is 10.8 Å². The number of esters is 1. The number of methoxy groups -OCH3 is 1. The second kappa shape index (κ2) is 5.74. The summed E-state index contributed by atoms with van der Waals surface area (Å²) in [6.45, 7) is 3.68. The first-order valence-electron chi connectivity index (χ1n) is 6.44. The van der Waals surface area contributed by atoms with Crippen LogP contribution in [0.1, 0.15) is 24.2 Å². The van der Waals surface area contributed by atoms with Crippen LogP contribution in [0.4, 0.5) is 5.69 Å². The zero-order valence-electron chi connectivity index (χ0n) is 11.8. The molecule has 0 atom stereocenters. The lowest BCUT2D eigenvalue weighted by atomic mass is 10.1. The second-order valence-corrected chi connectivity index (χ2v) is 4.91. The van der Waals surface area contributed by atoms with Gasteiger partial charge in [-0.1, -0.05) is 26.0 Å². The van der Waals surface area contributed by atoms with Crippen LogP contribution in [0.5, 0.6) is 0 Å².